The van der Waals surface area contributed by atoms with Crippen LogP contribution in [0.25, 0.3) is 10.6 Å². The number of fused-ring (bicyclic) bond motifs is 4. The zero-order valence-electron chi connectivity index (χ0n) is 14.3. The van der Waals surface area contributed by atoms with Crippen molar-refractivity contribution >= 4 is 22.5 Å². The first-order valence-corrected chi connectivity index (χ1v) is 9.64. The first-order valence-electron chi connectivity index (χ1n) is 8.82. The third-order valence-electron chi connectivity index (χ3n) is 5.23. The zero-order valence-corrected chi connectivity index (χ0v) is 15.1. The number of halogens is 1. The fourth-order valence-corrected chi connectivity index (χ4v) is 4.79. The normalized spacial score (nSPS) is 20.4. The number of carbonyl (C=O) groups excluding carboxylic acids is 1. The van der Waals surface area contributed by atoms with Crippen LogP contribution in [0.15, 0.2) is 42.6 Å². The maximum absolute atomic E-state index is 14.0. The van der Waals surface area contributed by atoms with Gasteiger partial charge in [-0.25, -0.2) is 9.78 Å². The number of carbonyl (C=O) groups is 1. The average molecular weight is 381 g/mol. The van der Waals surface area contributed by atoms with Gasteiger partial charge in [-0.2, -0.15) is 4.39 Å². The van der Waals surface area contributed by atoms with Crippen LogP contribution in [0.1, 0.15) is 30.0 Å². The molecule has 1 aromatic carbocycles. The first kappa shape index (κ1) is 16.3. The molecule has 2 unspecified atom stereocenters. The largest absolute Gasteiger partial charge is 0.324 e. The SMILES string of the molecule is O=C(Nc1nnc(-c2ccccc2)s1)N1C2CCC1c1ccnc(F)c1C2. The van der Waals surface area contributed by atoms with E-state index in [0.717, 1.165) is 29.0 Å². The highest BCUT2D eigenvalue weighted by molar-refractivity contribution is 7.18. The molecule has 1 N–H and O–H groups in total. The molecule has 8 heteroatoms. The number of hydrogen-bond acceptors (Lipinski definition) is 5. The number of nitrogens with zero attached hydrogens (tertiary/aromatic N) is 4. The Bertz CT molecular complexity index is 1010. The molecule has 136 valence electrons. The Morgan fingerprint density at radius 2 is 2.04 bits per heavy atom. The van der Waals surface area contributed by atoms with Crippen molar-refractivity contribution in [2.45, 2.75) is 31.3 Å². The summed E-state index contributed by atoms with van der Waals surface area (Å²) in [7, 11) is 0. The van der Waals surface area contributed by atoms with Crippen molar-refractivity contribution in [1.29, 1.82) is 0 Å². The number of aromatic nitrogens is 3. The van der Waals surface area contributed by atoms with E-state index < -0.39 is 5.95 Å². The summed E-state index contributed by atoms with van der Waals surface area (Å²) in [6, 6.07) is 11.2. The van der Waals surface area contributed by atoms with E-state index in [1.54, 1.807) is 0 Å². The van der Waals surface area contributed by atoms with E-state index in [1.165, 1.54) is 17.5 Å². The van der Waals surface area contributed by atoms with Crippen LogP contribution in [0, 0.1) is 5.95 Å². The third kappa shape index (κ3) is 2.76. The van der Waals surface area contributed by atoms with Gasteiger partial charge in [0.2, 0.25) is 11.1 Å². The van der Waals surface area contributed by atoms with E-state index in [0.29, 0.717) is 17.1 Å². The molecule has 3 aromatic rings. The van der Waals surface area contributed by atoms with Gasteiger partial charge in [0.25, 0.3) is 0 Å². The molecular formula is C19H16FN5OS. The topological polar surface area (TPSA) is 71.0 Å². The molecule has 2 amide bonds. The van der Waals surface area contributed by atoms with Crippen LogP contribution in [0.5, 0.6) is 0 Å². The molecule has 0 spiro atoms. The summed E-state index contributed by atoms with van der Waals surface area (Å²) < 4.78 is 14.0. The molecule has 2 bridgehead atoms. The molecule has 5 rings (SSSR count). The van der Waals surface area contributed by atoms with Gasteiger partial charge in [-0.05, 0) is 30.9 Å². The summed E-state index contributed by atoms with van der Waals surface area (Å²) in [5.41, 5.74) is 2.48. The molecule has 0 aliphatic carbocycles. The van der Waals surface area contributed by atoms with Crippen LogP contribution in [0.2, 0.25) is 0 Å². The molecule has 1 fully saturated rings. The lowest BCUT2D eigenvalue weighted by molar-refractivity contribution is 0.178. The Hall–Kier alpha value is -2.87. The van der Waals surface area contributed by atoms with Crippen molar-refractivity contribution in [2.75, 3.05) is 5.32 Å². The van der Waals surface area contributed by atoms with E-state index in [9.17, 15) is 9.18 Å². The van der Waals surface area contributed by atoms with Gasteiger partial charge in [-0.15, -0.1) is 10.2 Å². The highest BCUT2D eigenvalue weighted by Crippen LogP contribution is 2.44. The Balaban J connectivity index is 1.37. The Labute approximate surface area is 159 Å². The smallest absolute Gasteiger partial charge is 0.314 e. The first-order chi connectivity index (χ1) is 13.2. The number of amides is 2. The van der Waals surface area contributed by atoms with Crippen molar-refractivity contribution in [3.8, 4) is 10.6 Å². The number of benzene rings is 1. The molecule has 1 saturated heterocycles. The molecule has 0 saturated carbocycles. The number of pyridine rings is 1. The summed E-state index contributed by atoms with van der Waals surface area (Å²) in [4.78, 5) is 18.5. The van der Waals surface area contributed by atoms with Gasteiger partial charge in [0.15, 0.2) is 0 Å². The standard InChI is InChI=1S/C19H16FN5OS/c20-16-14-10-12-6-7-15(13(14)8-9-21-16)25(12)19(26)22-18-24-23-17(27-18)11-4-2-1-3-5-11/h1-5,8-9,12,15H,6-7,10H2,(H,22,24,26). The van der Waals surface area contributed by atoms with Crippen LogP contribution in [-0.2, 0) is 6.42 Å². The molecule has 6 nitrogen and oxygen atoms in total. The number of hydrogen-bond donors (Lipinski definition) is 1. The number of nitrogens with one attached hydrogen (secondary N) is 1. The van der Waals surface area contributed by atoms with Crippen molar-refractivity contribution in [3.63, 3.8) is 0 Å². The molecule has 27 heavy (non-hydrogen) atoms. The van der Waals surface area contributed by atoms with Crippen LogP contribution in [-0.4, -0.2) is 32.2 Å². The second-order valence-electron chi connectivity index (χ2n) is 6.74. The van der Waals surface area contributed by atoms with Gasteiger partial charge in [0.1, 0.15) is 5.01 Å². The van der Waals surface area contributed by atoms with E-state index in [1.807, 2.05) is 41.3 Å². The monoisotopic (exact) mass is 381 g/mol. The maximum atomic E-state index is 14.0. The number of urea groups is 1. The van der Waals surface area contributed by atoms with Crippen LogP contribution in [0.3, 0.4) is 0 Å². The number of rotatable bonds is 2. The Morgan fingerprint density at radius 1 is 1.19 bits per heavy atom. The third-order valence-corrected chi connectivity index (χ3v) is 6.12. The molecule has 2 aromatic heterocycles. The quantitative estimate of drug-likeness (QED) is 0.680. The molecule has 4 heterocycles. The van der Waals surface area contributed by atoms with E-state index in [4.69, 9.17) is 0 Å². The lowest BCUT2D eigenvalue weighted by atomic mass is 9.95. The molecule has 2 aliphatic rings. The van der Waals surface area contributed by atoms with E-state index in [-0.39, 0.29) is 18.1 Å². The molecule has 2 aliphatic heterocycles. The van der Waals surface area contributed by atoms with Crippen LogP contribution in [0.4, 0.5) is 14.3 Å². The second kappa shape index (κ2) is 6.38. The second-order valence-corrected chi connectivity index (χ2v) is 7.71. The average Bonchev–Trinajstić information content (AvgIpc) is 3.27. The van der Waals surface area contributed by atoms with Gasteiger partial charge in [0.05, 0.1) is 6.04 Å². The fourth-order valence-electron chi connectivity index (χ4n) is 4.05. The van der Waals surface area contributed by atoms with Gasteiger partial charge in [-0.1, -0.05) is 41.7 Å². The summed E-state index contributed by atoms with van der Waals surface area (Å²) in [6.45, 7) is 0. The van der Waals surface area contributed by atoms with E-state index >= 15 is 0 Å². The Morgan fingerprint density at radius 3 is 2.89 bits per heavy atom. The fraction of sp³-hybridized carbons (Fsp3) is 0.263. The van der Waals surface area contributed by atoms with Crippen molar-refractivity contribution in [1.82, 2.24) is 20.1 Å². The maximum Gasteiger partial charge on any atom is 0.324 e. The van der Waals surface area contributed by atoms with Crippen molar-refractivity contribution in [2.24, 2.45) is 0 Å². The summed E-state index contributed by atoms with van der Waals surface area (Å²) in [6.07, 6.45) is 3.67. The highest BCUT2D eigenvalue weighted by Gasteiger charge is 2.43. The van der Waals surface area contributed by atoms with Crippen molar-refractivity contribution in [3.05, 3.63) is 59.7 Å². The molecule has 2 atom stereocenters. The summed E-state index contributed by atoms with van der Waals surface area (Å²) >= 11 is 1.34. The van der Waals surface area contributed by atoms with Crippen LogP contribution < -0.4 is 5.32 Å². The van der Waals surface area contributed by atoms with Crippen LogP contribution >= 0.6 is 11.3 Å². The highest BCUT2D eigenvalue weighted by atomic mass is 32.1. The minimum atomic E-state index is -0.416. The van der Waals surface area contributed by atoms with Gasteiger partial charge >= 0.3 is 6.03 Å². The van der Waals surface area contributed by atoms with Gasteiger partial charge in [0, 0.05) is 23.4 Å². The zero-order chi connectivity index (χ0) is 18.4. The van der Waals surface area contributed by atoms with Crippen molar-refractivity contribution < 1.29 is 9.18 Å². The summed E-state index contributed by atoms with van der Waals surface area (Å²) in [5, 5.41) is 12.3. The minimum Gasteiger partial charge on any atom is -0.314 e. The molecule has 0 radical (unpaired) electrons. The lowest BCUT2D eigenvalue weighted by Crippen LogP contribution is -2.44. The predicted molar refractivity (Wildman–Crippen MR) is 99.9 cm³/mol. The van der Waals surface area contributed by atoms with E-state index in [2.05, 4.69) is 20.5 Å². The Kier molecular flexibility index (Phi) is 3.86. The number of anilines is 1. The summed E-state index contributed by atoms with van der Waals surface area (Å²) in [5.74, 6) is -0.416. The predicted octanol–water partition coefficient (Wildman–Crippen LogP) is 4.03. The van der Waals surface area contributed by atoms with Gasteiger partial charge in [-0.3, -0.25) is 5.32 Å². The molecular weight excluding hydrogens is 365 g/mol. The minimum absolute atomic E-state index is 0.0114. The lowest BCUT2D eigenvalue weighted by Gasteiger charge is -2.35. The van der Waals surface area contributed by atoms with Gasteiger partial charge < -0.3 is 4.90 Å².